The molecule has 1 aromatic carbocycles. The van der Waals surface area contributed by atoms with Crippen LogP contribution in [0.15, 0.2) is 30.6 Å². The van der Waals surface area contributed by atoms with Gasteiger partial charge in [0.05, 0.1) is 11.8 Å². The molecule has 5 nitrogen and oxygen atoms in total. The molecule has 2 aromatic rings. The molecule has 0 saturated heterocycles. The maximum Gasteiger partial charge on any atom is 0.253 e. The SMILES string of the molecule is CNc1ccc(Cl)cc1C(=O)NCc1cnn(C)c1. The van der Waals surface area contributed by atoms with Gasteiger partial charge in [0.2, 0.25) is 0 Å². The van der Waals surface area contributed by atoms with Crippen LogP contribution >= 0.6 is 11.6 Å². The van der Waals surface area contributed by atoms with Crippen LogP contribution in [-0.4, -0.2) is 22.7 Å². The number of aryl methyl sites for hydroxylation is 1. The maximum absolute atomic E-state index is 12.1. The van der Waals surface area contributed by atoms with Crippen molar-refractivity contribution in [3.8, 4) is 0 Å². The lowest BCUT2D eigenvalue weighted by atomic mass is 10.1. The van der Waals surface area contributed by atoms with Gasteiger partial charge < -0.3 is 10.6 Å². The second-order valence-corrected chi connectivity index (χ2v) is 4.58. The molecule has 0 fully saturated rings. The summed E-state index contributed by atoms with van der Waals surface area (Å²) in [6, 6.07) is 5.17. The number of amides is 1. The Morgan fingerprint density at radius 1 is 1.47 bits per heavy atom. The van der Waals surface area contributed by atoms with Crippen molar-refractivity contribution in [1.82, 2.24) is 15.1 Å². The molecule has 19 heavy (non-hydrogen) atoms. The molecule has 0 radical (unpaired) electrons. The minimum absolute atomic E-state index is 0.171. The highest BCUT2D eigenvalue weighted by molar-refractivity contribution is 6.31. The Morgan fingerprint density at radius 2 is 2.26 bits per heavy atom. The quantitative estimate of drug-likeness (QED) is 0.900. The smallest absolute Gasteiger partial charge is 0.253 e. The number of rotatable bonds is 4. The molecule has 0 aliphatic rings. The zero-order valence-electron chi connectivity index (χ0n) is 10.8. The zero-order chi connectivity index (χ0) is 13.8. The first-order valence-electron chi connectivity index (χ1n) is 5.83. The Kier molecular flexibility index (Phi) is 4.06. The maximum atomic E-state index is 12.1. The third-order valence-corrected chi connectivity index (χ3v) is 2.94. The van der Waals surface area contributed by atoms with Crippen molar-refractivity contribution in [2.75, 3.05) is 12.4 Å². The number of benzene rings is 1. The monoisotopic (exact) mass is 278 g/mol. The summed E-state index contributed by atoms with van der Waals surface area (Å²) in [4.78, 5) is 12.1. The van der Waals surface area contributed by atoms with Gasteiger partial charge in [-0.2, -0.15) is 5.10 Å². The minimum atomic E-state index is -0.171. The van der Waals surface area contributed by atoms with Gasteiger partial charge in [0.15, 0.2) is 0 Å². The summed E-state index contributed by atoms with van der Waals surface area (Å²) in [5.41, 5.74) is 2.22. The highest BCUT2D eigenvalue weighted by Gasteiger charge is 2.11. The van der Waals surface area contributed by atoms with E-state index in [0.717, 1.165) is 11.3 Å². The highest BCUT2D eigenvalue weighted by Crippen LogP contribution is 2.20. The lowest BCUT2D eigenvalue weighted by molar-refractivity contribution is 0.0951. The van der Waals surface area contributed by atoms with Crippen molar-refractivity contribution in [2.45, 2.75) is 6.54 Å². The van der Waals surface area contributed by atoms with Crippen LogP contribution in [0.4, 0.5) is 5.69 Å². The minimum Gasteiger partial charge on any atom is -0.387 e. The largest absolute Gasteiger partial charge is 0.387 e. The van der Waals surface area contributed by atoms with Crippen molar-refractivity contribution in [1.29, 1.82) is 0 Å². The molecule has 2 N–H and O–H groups in total. The van der Waals surface area contributed by atoms with E-state index < -0.39 is 0 Å². The van der Waals surface area contributed by atoms with Crippen molar-refractivity contribution >= 4 is 23.2 Å². The van der Waals surface area contributed by atoms with Gasteiger partial charge in [-0.25, -0.2) is 0 Å². The molecule has 1 aromatic heterocycles. The van der Waals surface area contributed by atoms with Crippen LogP contribution in [0.5, 0.6) is 0 Å². The van der Waals surface area contributed by atoms with E-state index in [1.54, 1.807) is 36.1 Å². The molecule has 1 amide bonds. The van der Waals surface area contributed by atoms with Crippen molar-refractivity contribution in [2.24, 2.45) is 7.05 Å². The fraction of sp³-hybridized carbons (Fsp3) is 0.231. The number of anilines is 1. The van der Waals surface area contributed by atoms with E-state index in [2.05, 4.69) is 15.7 Å². The number of hydrogen-bond donors (Lipinski definition) is 2. The summed E-state index contributed by atoms with van der Waals surface area (Å²) in [5.74, 6) is -0.171. The van der Waals surface area contributed by atoms with Gasteiger partial charge in [0.25, 0.3) is 5.91 Å². The lowest BCUT2D eigenvalue weighted by Crippen LogP contribution is -2.23. The van der Waals surface area contributed by atoms with E-state index in [-0.39, 0.29) is 5.91 Å². The van der Waals surface area contributed by atoms with Crippen LogP contribution in [0.25, 0.3) is 0 Å². The van der Waals surface area contributed by atoms with Crippen molar-refractivity contribution in [3.63, 3.8) is 0 Å². The first-order chi connectivity index (χ1) is 9.10. The zero-order valence-corrected chi connectivity index (χ0v) is 11.5. The third kappa shape index (κ3) is 3.26. The average Bonchev–Trinajstić information content (AvgIpc) is 2.81. The summed E-state index contributed by atoms with van der Waals surface area (Å²) in [7, 11) is 3.60. The summed E-state index contributed by atoms with van der Waals surface area (Å²) < 4.78 is 1.69. The molecule has 0 saturated carbocycles. The van der Waals surface area contributed by atoms with E-state index in [1.807, 2.05) is 13.2 Å². The molecule has 0 spiro atoms. The molecule has 0 bridgehead atoms. The number of nitrogens with one attached hydrogen (secondary N) is 2. The summed E-state index contributed by atoms with van der Waals surface area (Å²) in [5, 5.41) is 10.4. The Labute approximate surface area is 116 Å². The van der Waals surface area contributed by atoms with Crippen LogP contribution in [-0.2, 0) is 13.6 Å². The van der Waals surface area contributed by atoms with E-state index in [0.29, 0.717) is 17.1 Å². The molecule has 0 aliphatic heterocycles. The van der Waals surface area contributed by atoms with E-state index in [4.69, 9.17) is 11.6 Å². The van der Waals surface area contributed by atoms with Crippen LogP contribution < -0.4 is 10.6 Å². The van der Waals surface area contributed by atoms with Crippen LogP contribution in [0.3, 0.4) is 0 Å². The molecule has 0 atom stereocenters. The van der Waals surface area contributed by atoms with Gasteiger partial charge >= 0.3 is 0 Å². The Bertz CT molecular complexity index is 594. The third-order valence-electron chi connectivity index (χ3n) is 2.71. The number of hydrogen-bond acceptors (Lipinski definition) is 3. The Hall–Kier alpha value is -2.01. The topological polar surface area (TPSA) is 59.0 Å². The van der Waals surface area contributed by atoms with Gasteiger partial charge in [-0.15, -0.1) is 0 Å². The number of halogens is 1. The van der Waals surface area contributed by atoms with Gasteiger partial charge in [0, 0.05) is 43.1 Å². The molecule has 0 aliphatic carbocycles. The standard InChI is InChI=1S/C13H15ClN4O/c1-15-12-4-3-10(14)5-11(12)13(19)16-6-9-7-17-18(2)8-9/h3-5,7-8,15H,6H2,1-2H3,(H,16,19). The molecule has 100 valence electrons. The predicted octanol–water partition coefficient (Wildman–Crippen LogP) is 2.05. The van der Waals surface area contributed by atoms with Crippen molar-refractivity contribution < 1.29 is 4.79 Å². The summed E-state index contributed by atoms with van der Waals surface area (Å²) in [6.45, 7) is 0.433. The van der Waals surface area contributed by atoms with E-state index in [9.17, 15) is 4.79 Å². The molecule has 6 heteroatoms. The molecule has 1 heterocycles. The Balaban J connectivity index is 2.09. The normalized spacial score (nSPS) is 10.3. The summed E-state index contributed by atoms with van der Waals surface area (Å²) in [6.07, 6.45) is 3.58. The second-order valence-electron chi connectivity index (χ2n) is 4.14. The predicted molar refractivity (Wildman–Crippen MR) is 75.4 cm³/mol. The van der Waals surface area contributed by atoms with Crippen LogP contribution in [0.2, 0.25) is 5.02 Å². The van der Waals surface area contributed by atoms with Crippen molar-refractivity contribution in [3.05, 3.63) is 46.7 Å². The Morgan fingerprint density at radius 3 is 2.89 bits per heavy atom. The first kappa shape index (κ1) is 13.4. The number of aromatic nitrogens is 2. The van der Waals surface area contributed by atoms with E-state index in [1.165, 1.54) is 0 Å². The van der Waals surface area contributed by atoms with Crippen LogP contribution in [0.1, 0.15) is 15.9 Å². The van der Waals surface area contributed by atoms with Gasteiger partial charge in [-0.1, -0.05) is 11.6 Å². The van der Waals surface area contributed by atoms with Gasteiger partial charge in [-0.05, 0) is 18.2 Å². The van der Waals surface area contributed by atoms with Crippen LogP contribution in [0, 0.1) is 0 Å². The number of carbonyl (C=O) groups is 1. The number of carbonyl (C=O) groups excluding carboxylic acids is 1. The molecular formula is C13H15ClN4O. The average molecular weight is 279 g/mol. The molecule has 0 unspecified atom stereocenters. The lowest BCUT2D eigenvalue weighted by Gasteiger charge is -2.09. The summed E-state index contributed by atoms with van der Waals surface area (Å²) >= 11 is 5.92. The number of nitrogens with zero attached hydrogens (tertiary/aromatic N) is 2. The van der Waals surface area contributed by atoms with E-state index >= 15 is 0 Å². The first-order valence-corrected chi connectivity index (χ1v) is 6.21. The molecule has 2 rings (SSSR count). The highest BCUT2D eigenvalue weighted by atomic mass is 35.5. The second kappa shape index (κ2) is 5.75. The molecular weight excluding hydrogens is 264 g/mol. The fourth-order valence-electron chi connectivity index (χ4n) is 1.76. The van der Waals surface area contributed by atoms with Gasteiger partial charge in [-0.3, -0.25) is 9.48 Å². The van der Waals surface area contributed by atoms with Gasteiger partial charge in [0.1, 0.15) is 0 Å². The fourth-order valence-corrected chi connectivity index (χ4v) is 1.94.